The second-order valence-electron chi connectivity index (χ2n) is 4.90. The Balaban J connectivity index is 1.97. The molecule has 0 spiro atoms. The predicted octanol–water partition coefficient (Wildman–Crippen LogP) is 3.31. The van der Waals surface area contributed by atoms with E-state index >= 15 is 0 Å². The summed E-state index contributed by atoms with van der Waals surface area (Å²) in [6.07, 6.45) is 7.76. The van der Waals surface area contributed by atoms with E-state index in [4.69, 9.17) is 5.73 Å². The van der Waals surface area contributed by atoms with Gasteiger partial charge in [-0.2, -0.15) is 0 Å². The van der Waals surface area contributed by atoms with Crippen molar-refractivity contribution < 1.29 is 4.79 Å². The number of amides is 2. The van der Waals surface area contributed by atoms with E-state index in [1.54, 1.807) is 0 Å². The van der Waals surface area contributed by atoms with Crippen molar-refractivity contribution >= 4 is 17.4 Å². The largest absolute Gasteiger partial charge is 0.382 e. The molecule has 0 unspecified atom stereocenters. The van der Waals surface area contributed by atoms with Crippen LogP contribution < -0.4 is 16.4 Å². The molecule has 1 aliphatic carbocycles. The van der Waals surface area contributed by atoms with Crippen LogP contribution in [-0.2, 0) is 0 Å². The van der Waals surface area contributed by atoms with E-state index < -0.39 is 6.03 Å². The summed E-state index contributed by atoms with van der Waals surface area (Å²) in [5, 5.41) is 6.14. The van der Waals surface area contributed by atoms with Gasteiger partial charge in [-0.15, -0.1) is 0 Å². The van der Waals surface area contributed by atoms with Gasteiger partial charge in [-0.25, -0.2) is 4.79 Å². The van der Waals surface area contributed by atoms with Crippen LogP contribution in [0.2, 0.25) is 0 Å². The standard InChI is InChI=1S/C14H21N3O/c15-14(18)17-13-9-5-8-12(10-13)16-11-6-3-1-2-4-7-11/h5,8-11,16H,1-4,6-7H2,(H3,15,17,18). The van der Waals surface area contributed by atoms with Crippen LogP contribution in [0.25, 0.3) is 0 Å². The van der Waals surface area contributed by atoms with Crippen molar-refractivity contribution in [1.29, 1.82) is 0 Å². The highest BCUT2D eigenvalue weighted by atomic mass is 16.2. The molecule has 1 aromatic rings. The molecule has 98 valence electrons. The molecule has 1 saturated carbocycles. The summed E-state index contributed by atoms with van der Waals surface area (Å²) in [7, 11) is 0. The molecular weight excluding hydrogens is 226 g/mol. The monoisotopic (exact) mass is 247 g/mol. The molecule has 0 atom stereocenters. The van der Waals surface area contributed by atoms with Crippen molar-refractivity contribution in [2.45, 2.75) is 44.6 Å². The zero-order valence-electron chi connectivity index (χ0n) is 10.6. The van der Waals surface area contributed by atoms with E-state index in [-0.39, 0.29) is 0 Å². The van der Waals surface area contributed by atoms with Gasteiger partial charge in [0, 0.05) is 17.4 Å². The molecule has 0 saturated heterocycles. The Bertz CT molecular complexity index is 398. The van der Waals surface area contributed by atoms with Gasteiger partial charge in [-0.3, -0.25) is 0 Å². The first-order valence-corrected chi connectivity index (χ1v) is 6.67. The highest BCUT2D eigenvalue weighted by Crippen LogP contribution is 2.22. The average Bonchev–Trinajstić information content (AvgIpc) is 2.57. The average molecular weight is 247 g/mol. The summed E-state index contributed by atoms with van der Waals surface area (Å²) in [6.45, 7) is 0. The lowest BCUT2D eigenvalue weighted by Crippen LogP contribution is -2.20. The molecule has 18 heavy (non-hydrogen) atoms. The zero-order valence-corrected chi connectivity index (χ0v) is 10.6. The van der Waals surface area contributed by atoms with Gasteiger partial charge >= 0.3 is 6.03 Å². The van der Waals surface area contributed by atoms with Crippen molar-refractivity contribution in [2.75, 3.05) is 10.6 Å². The number of benzene rings is 1. The van der Waals surface area contributed by atoms with E-state index in [0.717, 1.165) is 11.4 Å². The second-order valence-corrected chi connectivity index (χ2v) is 4.90. The Morgan fingerprint density at radius 2 is 1.78 bits per heavy atom. The van der Waals surface area contributed by atoms with Gasteiger partial charge in [0.2, 0.25) is 0 Å². The summed E-state index contributed by atoms with van der Waals surface area (Å²) in [4.78, 5) is 10.8. The maximum absolute atomic E-state index is 10.8. The molecule has 0 bridgehead atoms. The first-order chi connectivity index (χ1) is 8.74. The van der Waals surface area contributed by atoms with Gasteiger partial charge in [0.05, 0.1) is 0 Å². The van der Waals surface area contributed by atoms with Crippen molar-refractivity contribution in [1.82, 2.24) is 0 Å². The maximum atomic E-state index is 10.8. The number of nitrogens with two attached hydrogens (primary N) is 1. The lowest BCUT2D eigenvalue weighted by molar-refractivity contribution is 0.259. The first-order valence-electron chi connectivity index (χ1n) is 6.67. The Kier molecular flexibility index (Phi) is 4.45. The third-order valence-electron chi connectivity index (χ3n) is 3.36. The van der Waals surface area contributed by atoms with Crippen LogP contribution in [0.15, 0.2) is 24.3 Å². The molecule has 1 aliphatic rings. The molecule has 0 heterocycles. The minimum Gasteiger partial charge on any atom is -0.382 e. The molecule has 2 amide bonds. The van der Waals surface area contributed by atoms with Crippen LogP contribution in [0.4, 0.5) is 16.2 Å². The van der Waals surface area contributed by atoms with Crippen LogP contribution in [0.3, 0.4) is 0 Å². The number of carbonyl (C=O) groups is 1. The fourth-order valence-electron chi connectivity index (χ4n) is 2.49. The number of hydrogen-bond donors (Lipinski definition) is 3. The fourth-order valence-corrected chi connectivity index (χ4v) is 2.49. The van der Waals surface area contributed by atoms with Gasteiger partial charge < -0.3 is 16.4 Å². The summed E-state index contributed by atoms with van der Waals surface area (Å²) >= 11 is 0. The van der Waals surface area contributed by atoms with Crippen LogP contribution in [-0.4, -0.2) is 12.1 Å². The van der Waals surface area contributed by atoms with Crippen LogP contribution in [0.5, 0.6) is 0 Å². The number of anilines is 2. The highest BCUT2D eigenvalue weighted by Gasteiger charge is 2.11. The van der Waals surface area contributed by atoms with E-state index in [0.29, 0.717) is 6.04 Å². The Hall–Kier alpha value is -1.71. The molecule has 0 aliphatic heterocycles. The quantitative estimate of drug-likeness (QED) is 0.717. The van der Waals surface area contributed by atoms with Gasteiger partial charge in [0.1, 0.15) is 0 Å². The first kappa shape index (κ1) is 12.7. The van der Waals surface area contributed by atoms with Crippen LogP contribution >= 0.6 is 0 Å². The number of rotatable bonds is 3. The number of urea groups is 1. The van der Waals surface area contributed by atoms with E-state index in [1.165, 1.54) is 38.5 Å². The lowest BCUT2D eigenvalue weighted by atomic mass is 10.1. The van der Waals surface area contributed by atoms with E-state index in [9.17, 15) is 4.79 Å². The number of carbonyl (C=O) groups excluding carboxylic acids is 1. The van der Waals surface area contributed by atoms with Gasteiger partial charge in [0.15, 0.2) is 0 Å². The smallest absolute Gasteiger partial charge is 0.316 e. The van der Waals surface area contributed by atoms with Crippen molar-refractivity contribution in [3.63, 3.8) is 0 Å². The molecule has 4 nitrogen and oxygen atoms in total. The van der Waals surface area contributed by atoms with Gasteiger partial charge in [-0.05, 0) is 31.0 Å². The highest BCUT2D eigenvalue weighted by molar-refractivity contribution is 5.88. The number of hydrogen-bond acceptors (Lipinski definition) is 2. The third kappa shape index (κ3) is 3.95. The topological polar surface area (TPSA) is 67.2 Å². The Labute approximate surface area is 108 Å². The molecular formula is C14H21N3O. The van der Waals surface area contributed by atoms with Crippen LogP contribution in [0.1, 0.15) is 38.5 Å². The molecule has 4 heteroatoms. The summed E-state index contributed by atoms with van der Waals surface area (Å²) in [5.41, 5.74) is 6.90. The van der Waals surface area contributed by atoms with Crippen molar-refractivity contribution in [3.8, 4) is 0 Å². The predicted molar refractivity (Wildman–Crippen MR) is 74.8 cm³/mol. The normalized spacial score (nSPS) is 16.9. The number of nitrogens with one attached hydrogen (secondary N) is 2. The Morgan fingerprint density at radius 3 is 2.44 bits per heavy atom. The second kappa shape index (κ2) is 6.28. The Morgan fingerprint density at radius 1 is 1.11 bits per heavy atom. The molecule has 1 fully saturated rings. The lowest BCUT2D eigenvalue weighted by Gasteiger charge is -2.18. The molecule has 2 rings (SSSR count). The van der Waals surface area contributed by atoms with E-state index in [2.05, 4.69) is 10.6 Å². The van der Waals surface area contributed by atoms with Crippen molar-refractivity contribution in [2.24, 2.45) is 5.73 Å². The van der Waals surface area contributed by atoms with Crippen LogP contribution in [0, 0.1) is 0 Å². The zero-order chi connectivity index (χ0) is 12.8. The molecule has 4 N–H and O–H groups in total. The third-order valence-corrected chi connectivity index (χ3v) is 3.36. The van der Waals surface area contributed by atoms with Gasteiger partial charge in [-0.1, -0.05) is 31.7 Å². The summed E-state index contributed by atoms with van der Waals surface area (Å²) in [6, 6.07) is 7.73. The van der Waals surface area contributed by atoms with Gasteiger partial charge in [0.25, 0.3) is 0 Å². The molecule has 1 aromatic carbocycles. The summed E-state index contributed by atoms with van der Waals surface area (Å²) < 4.78 is 0. The number of primary amides is 1. The summed E-state index contributed by atoms with van der Waals surface area (Å²) in [5.74, 6) is 0. The van der Waals surface area contributed by atoms with Crippen molar-refractivity contribution in [3.05, 3.63) is 24.3 Å². The minimum absolute atomic E-state index is 0.526. The molecule has 0 aromatic heterocycles. The maximum Gasteiger partial charge on any atom is 0.316 e. The fraction of sp³-hybridized carbons (Fsp3) is 0.500. The SMILES string of the molecule is NC(=O)Nc1cccc(NC2CCCCCC2)c1. The molecule has 0 radical (unpaired) electrons. The van der Waals surface area contributed by atoms with E-state index in [1.807, 2.05) is 24.3 Å². The minimum atomic E-state index is -0.526.